The predicted molar refractivity (Wildman–Crippen MR) is 152 cm³/mol. The third kappa shape index (κ3) is 3.60. The van der Waals surface area contributed by atoms with Crippen LogP contribution in [0.15, 0.2) is 6.07 Å². The summed E-state index contributed by atoms with van der Waals surface area (Å²) in [4.78, 5) is 0. The molecule has 0 radical (unpaired) electrons. The van der Waals surface area contributed by atoms with Gasteiger partial charge in [-0.3, -0.25) is 0 Å². The van der Waals surface area contributed by atoms with Gasteiger partial charge in [-0.15, -0.1) is 0 Å². The molecule has 0 aliphatic heterocycles. The summed E-state index contributed by atoms with van der Waals surface area (Å²) in [6, 6.07) is 2.24. The third-order valence-electron chi connectivity index (χ3n) is 11.2. The van der Waals surface area contributed by atoms with E-state index in [1.165, 1.54) is 26.7 Å². The smallest absolute Gasteiger partial charge is 0.192 e. The molecule has 5 heteroatoms. The Morgan fingerprint density at radius 3 is 2.29 bits per heavy atom. The quantitative estimate of drug-likeness (QED) is 0.287. The summed E-state index contributed by atoms with van der Waals surface area (Å²) in [5.74, 6) is 1.82. The van der Waals surface area contributed by atoms with Crippen molar-refractivity contribution in [2.45, 2.75) is 117 Å². The largest absolute Gasteiger partial charge is 0.496 e. The second kappa shape index (κ2) is 8.19. The van der Waals surface area contributed by atoms with Crippen LogP contribution >= 0.6 is 22.6 Å². The molecular formula is C29H47IO3Si. The molecule has 1 aromatic rings. The fraction of sp³-hybridized carbons (Fsp3) is 0.793. The van der Waals surface area contributed by atoms with Crippen molar-refractivity contribution >= 4 is 30.9 Å². The Labute approximate surface area is 223 Å². The van der Waals surface area contributed by atoms with Crippen molar-refractivity contribution in [3.05, 3.63) is 26.3 Å². The number of aliphatic hydroxyl groups excluding tert-OH is 1. The van der Waals surface area contributed by atoms with Crippen LogP contribution in [0.5, 0.6) is 5.75 Å². The van der Waals surface area contributed by atoms with E-state index in [1.807, 2.05) is 0 Å². The minimum atomic E-state index is -1.87. The third-order valence-corrected chi connectivity index (χ3v) is 17.0. The molecule has 2 fully saturated rings. The molecule has 0 amide bonds. The number of ether oxygens (including phenoxy) is 1. The van der Waals surface area contributed by atoms with Crippen molar-refractivity contribution in [3.63, 3.8) is 0 Å². The van der Waals surface area contributed by atoms with Crippen molar-refractivity contribution in [3.8, 4) is 5.75 Å². The summed E-state index contributed by atoms with van der Waals surface area (Å²) in [5, 5.41) is 12.1. The summed E-state index contributed by atoms with van der Waals surface area (Å²) in [7, 11) is -0.111. The highest BCUT2D eigenvalue weighted by Gasteiger charge is 2.66. The lowest BCUT2D eigenvalue weighted by atomic mass is 9.42. The highest BCUT2D eigenvalue weighted by molar-refractivity contribution is 14.1. The molecule has 3 nitrogen and oxygen atoms in total. The van der Waals surface area contributed by atoms with Crippen LogP contribution in [0.2, 0.25) is 18.1 Å². The van der Waals surface area contributed by atoms with E-state index in [0.29, 0.717) is 11.8 Å². The molecule has 0 bridgehead atoms. The fourth-order valence-electron chi connectivity index (χ4n) is 7.89. The lowest BCUT2D eigenvalue weighted by Gasteiger charge is -2.64. The molecule has 6 atom stereocenters. The van der Waals surface area contributed by atoms with Gasteiger partial charge >= 0.3 is 0 Å². The van der Waals surface area contributed by atoms with E-state index in [1.54, 1.807) is 7.11 Å². The van der Waals surface area contributed by atoms with Crippen molar-refractivity contribution in [2.24, 2.45) is 22.7 Å². The maximum absolute atomic E-state index is 11.9. The van der Waals surface area contributed by atoms with E-state index >= 15 is 0 Å². The first-order valence-corrected chi connectivity index (χ1v) is 17.1. The monoisotopic (exact) mass is 598 g/mol. The van der Waals surface area contributed by atoms with Crippen LogP contribution in [0.1, 0.15) is 84.4 Å². The molecule has 0 saturated heterocycles. The molecular weight excluding hydrogens is 551 g/mol. The van der Waals surface area contributed by atoms with Gasteiger partial charge in [-0.25, -0.2) is 0 Å². The van der Waals surface area contributed by atoms with Gasteiger partial charge in [-0.05, 0) is 119 Å². The standard InChI is InChI=1S/C29H47IO3Si/c1-17-18-14-22-28(7)13-12-24(33-34(10,11)26(2,3)4)27(5,6)21(28)16-23(31)29(22,8)19(18)15-20(32-9)25(17)30/h15,21-24,31H,12-14,16H2,1-11H3/t21-,22+,23-,24-,28-,29-/m0/s1. The predicted octanol–water partition coefficient (Wildman–Crippen LogP) is 7.64. The summed E-state index contributed by atoms with van der Waals surface area (Å²) >= 11 is 2.43. The minimum absolute atomic E-state index is 0.0285. The Bertz CT molecular complexity index is 981. The van der Waals surface area contributed by atoms with Gasteiger partial charge in [0.15, 0.2) is 8.32 Å². The van der Waals surface area contributed by atoms with Gasteiger partial charge in [0, 0.05) is 5.41 Å². The van der Waals surface area contributed by atoms with Crippen LogP contribution in [0.4, 0.5) is 0 Å². The molecule has 0 unspecified atom stereocenters. The number of methoxy groups -OCH3 is 1. The summed E-state index contributed by atoms with van der Waals surface area (Å²) in [6.07, 6.45) is 4.10. The molecule has 0 aromatic heterocycles. The summed E-state index contributed by atoms with van der Waals surface area (Å²) in [6.45, 7) is 23.8. The topological polar surface area (TPSA) is 38.7 Å². The van der Waals surface area contributed by atoms with Crippen LogP contribution < -0.4 is 4.74 Å². The molecule has 192 valence electrons. The summed E-state index contributed by atoms with van der Waals surface area (Å²) in [5.41, 5.74) is 4.10. The maximum atomic E-state index is 11.9. The van der Waals surface area contributed by atoms with Crippen molar-refractivity contribution in [2.75, 3.05) is 7.11 Å². The van der Waals surface area contributed by atoms with E-state index < -0.39 is 8.32 Å². The Morgan fingerprint density at radius 1 is 1.12 bits per heavy atom. The van der Waals surface area contributed by atoms with Gasteiger partial charge in [0.2, 0.25) is 0 Å². The van der Waals surface area contributed by atoms with Gasteiger partial charge < -0.3 is 14.3 Å². The minimum Gasteiger partial charge on any atom is -0.496 e. The van der Waals surface area contributed by atoms with Gasteiger partial charge in [0.25, 0.3) is 0 Å². The number of fused-ring (bicyclic) bond motifs is 5. The molecule has 3 aliphatic carbocycles. The Kier molecular flexibility index (Phi) is 6.49. The molecule has 1 N–H and O–H groups in total. The molecule has 34 heavy (non-hydrogen) atoms. The molecule has 3 aliphatic rings. The Morgan fingerprint density at radius 2 is 1.74 bits per heavy atom. The van der Waals surface area contributed by atoms with Crippen molar-refractivity contribution < 1.29 is 14.3 Å². The van der Waals surface area contributed by atoms with E-state index in [9.17, 15) is 5.11 Å². The van der Waals surface area contributed by atoms with Crippen LogP contribution in [0, 0.1) is 33.2 Å². The average Bonchev–Trinajstić information content (AvgIpc) is 3.03. The first kappa shape index (κ1) is 26.9. The maximum Gasteiger partial charge on any atom is 0.192 e. The van der Waals surface area contributed by atoms with E-state index in [4.69, 9.17) is 9.16 Å². The summed E-state index contributed by atoms with van der Waals surface area (Å²) < 4.78 is 14.1. The number of hydrogen-bond acceptors (Lipinski definition) is 3. The zero-order chi connectivity index (χ0) is 25.6. The van der Waals surface area contributed by atoms with Gasteiger partial charge in [-0.2, -0.15) is 0 Å². The van der Waals surface area contributed by atoms with Crippen LogP contribution in [0.3, 0.4) is 0 Å². The van der Waals surface area contributed by atoms with E-state index in [0.717, 1.165) is 25.0 Å². The van der Waals surface area contributed by atoms with Crippen LogP contribution in [0.25, 0.3) is 0 Å². The molecule has 4 rings (SSSR count). The number of halogens is 1. The Balaban J connectivity index is 1.75. The van der Waals surface area contributed by atoms with Crippen molar-refractivity contribution in [1.29, 1.82) is 0 Å². The second-order valence-corrected chi connectivity index (χ2v) is 20.0. The lowest BCUT2D eigenvalue weighted by molar-refractivity contribution is -0.178. The molecule has 0 heterocycles. The second-order valence-electron chi connectivity index (χ2n) is 14.1. The number of aliphatic hydroxyl groups is 1. The van der Waals surface area contributed by atoms with Crippen molar-refractivity contribution in [1.82, 2.24) is 0 Å². The highest BCUT2D eigenvalue weighted by atomic mass is 127. The number of benzene rings is 1. The average molecular weight is 599 g/mol. The Hall–Kier alpha value is -0.113. The van der Waals surface area contributed by atoms with Gasteiger partial charge in [0.05, 0.1) is 22.9 Å². The van der Waals surface area contributed by atoms with Gasteiger partial charge in [0.1, 0.15) is 5.75 Å². The van der Waals surface area contributed by atoms with E-state index in [-0.39, 0.29) is 33.5 Å². The zero-order valence-electron chi connectivity index (χ0n) is 23.4. The highest BCUT2D eigenvalue weighted by Crippen LogP contribution is 2.68. The number of hydrogen-bond donors (Lipinski definition) is 1. The number of rotatable bonds is 3. The normalized spacial score (nSPS) is 37.1. The fourth-order valence-corrected chi connectivity index (χ4v) is 10.1. The zero-order valence-corrected chi connectivity index (χ0v) is 26.5. The lowest BCUT2D eigenvalue weighted by Crippen LogP contribution is -2.64. The van der Waals surface area contributed by atoms with Crippen LogP contribution in [-0.4, -0.2) is 32.7 Å². The first-order valence-electron chi connectivity index (χ1n) is 13.1. The first-order chi connectivity index (χ1) is 15.4. The van der Waals surface area contributed by atoms with E-state index in [2.05, 4.69) is 97.1 Å². The van der Waals surface area contributed by atoms with Crippen LogP contribution in [-0.2, 0) is 16.3 Å². The molecule has 0 spiro atoms. The molecule has 1 aromatic carbocycles. The SMILES string of the molecule is COc1cc2c(c(C)c1I)C[C@@H]1[C@@]3(C)CC[C@H](O[Si](C)(C)C(C)(C)C)C(C)(C)[C@@H]3C[C@H](O)[C@@]21C. The van der Waals surface area contributed by atoms with Gasteiger partial charge in [-0.1, -0.05) is 48.5 Å². The molecule has 2 saturated carbocycles.